The van der Waals surface area contributed by atoms with Gasteiger partial charge in [-0.2, -0.15) is 0 Å². The fourth-order valence-electron chi connectivity index (χ4n) is 12.7. The Labute approximate surface area is 444 Å². The minimum absolute atomic E-state index is 0.0128. The van der Waals surface area contributed by atoms with Crippen molar-refractivity contribution in [2.24, 2.45) is 35.1 Å². The van der Waals surface area contributed by atoms with Crippen LogP contribution in [0.25, 0.3) is 21.5 Å². The molecule has 2 saturated heterocycles. The summed E-state index contributed by atoms with van der Waals surface area (Å²) >= 11 is 0. The number of hydrogen-bond donors (Lipinski definition) is 10. The highest BCUT2D eigenvalue weighted by Crippen LogP contribution is 2.49. The van der Waals surface area contributed by atoms with Crippen LogP contribution in [-0.4, -0.2) is 121 Å². The Morgan fingerprint density at radius 2 is 1.24 bits per heavy atom. The number of nitrogens with one attached hydrogen (secondary N) is 8. The van der Waals surface area contributed by atoms with E-state index >= 15 is 0 Å². The van der Waals surface area contributed by atoms with E-state index in [2.05, 4.69) is 31.9 Å². The van der Waals surface area contributed by atoms with Crippen molar-refractivity contribution in [2.75, 3.05) is 45.8 Å². The smallest absolute Gasteiger partial charge is 0.251 e. The first-order valence-corrected chi connectivity index (χ1v) is 28.2. The number of fused-ring (bicyclic) bond motifs is 4. The average molecular weight is 1030 g/mol. The molecular weight excluding hydrogens is 941 g/mol. The first kappa shape index (κ1) is 55.0. The van der Waals surface area contributed by atoms with Crippen molar-refractivity contribution in [3.05, 3.63) is 96.1 Å². The second-order valence-corrected chi connectivity index (χ2v) is 22.1. The number of carbonyl (C=O) groups excluding carboxylic acids is 4. The van der Waals surface area contributed by atoms with E-state index in [4.69, 9.17) is 22.3 Å². The molecule has 2 heterocycles. The number of rotatable bonds is 19. The third-order valence-corrected chi connectivity index (χ3v) is 16.9. The normalized spacial score (nSPS) is 24.4. The van der Waals surface area contributed by atoms with Crippen LogP contribution < -0.4 is 43.4 Å². The number of benzene rings is 4. The summed E-state index contributed by atoms with van der Waals surface area (Å²) < 4.78 is 0. The van der Waals surface area contributed by atoms with Gasteiger partial charge in [0, 0.05) is 69.0 Å². The van der Waals surface area contributed by atoms with Crippen LogP contribution in [-0.2, 0) is 9.59 Å². The lowest BCUT2D eigenvalue weighted by atomic mass is 9.86. The summed E-state index contributed by atoms with van der Waals surface area (Å²) in [6.45, 7) is 6.40. The third-order valence-electron chi connectivity index (χ3n) is 16.9. The van der Waals surface area contributed by atoms with Crippen LogP contribution in [0, 0.1) is 34.5 Å². The number of nitrogens with zero attached hydrogens (tertiary/aromatic N) is 2. The number of carbonyl (C=O) groups is 4. The molecule has 16 nitrogen and oxygen atoms in total. The molecule has 12 N–H and O–H groups in total. The van der Waals surface area contributed by atoms with Crippen molar-refractivity contribution in [1.82, 2.24) is 41.7 Å². The van der Waals surface area contributed by atoms with Gasteiger partial charge in [0.05, 0.1) is 12.1 Å². The van der Waals surface area contributed by atoms with Crippen LogP contribution >= 0.6 is 0 Å². The Hall–Kier alpha value is -6.26. The van der Waals surface area contributed by atoms with Gasteiger partial charge < -0.3 is 47.9 Å². The molecule has 0 radical (unpaired) electrons. The zero-order valence-corrected chi connectivity index (χ0v) is 44.2. The molecule has 4 aromatic rings. The lowest BCUT2D eigenvalue weighted by Crippen LogP contribution is -2.59. The summed E-state index contributed by atoms with van der Waals surface area (Å²) in [7, 11) is 0. The lowest BCUT2D eigenvalue weighted by Gasteiger charge is -2.32. The van der Waals surface area contributed by atoms with Crippen LogP contribution in [0.1, 0.15) is 130 Å². The average Bonchev–Trinajstić information content (AvgIpc) is 3.98. The summed E-state index contributed by atoms with van der Waals surface area (Å²) in [5.41, 5.74) is 12.3. The van der Waals surface area contributed by atoms with Gasteiger partial charge in [-0.1, -0.05) is 106 Å². The van der Waals surface area contributed by atoms with Gasteiger partial charge >= 0.3 is 0 Å². The molecule has 8 atom stereocenters. The van der Waals surface area contributed by atoms with Gasteiger partial charge in [0.15, 0.2) is 11.9 Å². The van der Waals surface area contributed by atoms with Gasteiger partial charge in [0.25, 0.3) is 11.8 Å². The Balaban J connectivity index is 0.000000199. The maximum atomic E-state index is 13.7. The van der Waals surface area contributed by atoms with Crippen molar-refractivity contribution in [3.63, 3.8) is 0 Å². The first-order chi connectivity index (χ1) is 36.4. The standard InChI is InChI=1S/C30H42N6O2.C29H42N6O2/c1-2-26(35-30(31)32)27-29(38)36(13-11-23-16-19-7-8-22(23)15-19)14-12-25(34-27)18-33-28(37)24-10-9-20-5-3-4-6-21(20)17-24;30-29(31)32-16-6-11-26-28(37)35(17-14-21-7-2-1-3-8-21)18-15-25(34-26)20-33-27(36)24-13-12-22-9-4-5-10-23(22)19-24/h3-6,9-10,17,19,22-23,25-27,34H,2,7-8,11-16,18H2,1H3,(H,33,37)(H4,31,32,35);4-5,9-10,12-13,19,21,25-26,34H,1-3,6-8,11,14-18,20H2,(H,33,36)(H4,30,31,32)/t19?,22?,23?,25-,26?,27-;25-,26-/m00/s1. The summed E-state index contributed by atoms with van der Waals surface area (Å²) in [4.78, 5) is 57.2. The number of nitrogens with two attached hydrogens (primary N) is 2. The van der Waals surface area contributed by atoms with E-state index in [-0.39, 0.29) is 59.7 Å². The second-order valence-electron chi connectivity index (χ2n) is 22.1. The minimum atomic E-state index is -0.506. The predicted molar refractivity (Wildman–Crippen MR) is 299 cm³/mol. The fraction of sp³-hybridized carbons (Fsp3) is 0.559. The molecular formula is C59H84N12O4. The molecule has 16 heteroatoms. The molecule has 2 aliphatic heterocycles. The Morgan fingerprint density at radius 3 is 1.80 bits per heavy atom. The summed E-state index contributed by atoms with van der Waals surface area (Å²) in [6.07, 6.45) is 17.7. The maximum absolute atomic E-state index is 13.7. The van der Waals surface area contributed by atoms with E-state index in [0.29, 0.717) is 56.7 Å². The Kier molecular flexibility index (Phi) is 19.8. The lowest BCUT2D eigenvalue weighted by molar-refractivity contribution is -0.134. The molecule has 5 aliphatic rings. The van der Waals surface area contributed by atoms with Gasteiger partial charge in [-0.3, -0.25) is 35.3 Å². The zero-order valence-electron chi connectivity index (χ0n) is 44.2. The third kappa shape index (κ3) is 15.4. The molecule has 3 saturated carbocycles. The molecule has 4 aromatic carbocycles. The highest BCUT2D eigenvalue weighted by molar-refractivity contribution is 5.99. The molecule has 5 fully saturated rings. The van der Waals surface area contributed by atoms with Crippen molar-refractivity contribution in [2.45, 2.75) is 140 Å². The summed E-state index contributed by atoms with van der Waals surface area (Å²) in [6, 6.07) is 26.4. The number of hydrogen-bond acceptors (Lipinski definition) is 8. The monoisotopic (exact) mass is 1020 g/mol. The van der Waals surface area contributed by atoms with Crippen molar-refractivity contribution in [3.8, 4) is 0 Å². The van der Waals surface area contributed by atoms with Crippen molar-refractivity contribution >= 4 is 57.1 Å². The number of guanidine groups is 2. The quantitative estimate of drug-likeness (QED) is 0.0275. The van der Waals surface area contributed by atoms with E-state index in [1.54, 1.807) is 0 Å². The van der Waals surface area contributed by atoms with Gasteiger partial charge in [0.2, 0.25) is 11.8 Å². The number of amides is 4. The molecule has 404 valence electrons. The van der Waals surface area contributed by atoms with Gasteiger partial charge in [-0.25, -0.2) is 0 Å². The van der Waals surface area contributed by atoms with Crippen LogP contribution in [0.3, 0.4) is 0 Å². The minimum Gasteiger partial charge on any atom is -0.370 e. The molecule has 4 unspecified atom stereocenters. The van der Waals surface area contributed by atoms with E-state index in [1.807, 2.05) is 102 Å². The first-order valence-electron chi connectivity index (χ1n) is 28.2. The van der Waals surface area contributed by atoms with Crippen molar-refractivity contribution < 1.29 is 19.2 Å². The Morgan fingerprint density at radius 1 is 0.653 bits per heavy atom. The van der Waals surface area contributed by atoms with Crippen molar-refractivity contribution in [1.29, 1.82) is 10.8 Å². The van der Waals surface area contributed by atoms with Crippen LogP contribution in [0.2, 0.25) is 0 Å². The Bertz CT molecular complexity index is 2590. The fourth-order valence-corrected chi connectivity index (χ4v) is 12.7. The molecule has 0 aromatic heterocycles. The van der Waals surface area contributed by atoms with Gasteiger partial charge in [0.1, 0.15) is 6.04 Å². The molecule has 4 amide bonds. The predicted octanol–water partition coefficient (Wildman–Crippen LogP) is 6.58. The van der Waals surface area contributed by atoms with Crippen LogP contribution in [0.4, 0.5) is 0 Å². The van der Waals surface area contributed by atoms with Gasteiger partial charge in [-0.05, 0) is 134 Å². The molecule has 0 spiro atoms. The topological polar surface area (TPSA) is 247 Å². The molecule has 2 bridgehead atoms. The maximum Gasteiger partial charge on any atom is 0.251 e. The molecule has 9 rings (SSSR count). The summed E-state index contributed by atoms with van der Waals surface area (Å²) in [5, 5.41) is 38.5. The van der Waals surface area contributed by atoms with E-state index in [1.165, 1.54) is 57.8 Å². The van der Waals surface area contributed by atoms with Gasteiger partial charge in [-0.15, -0.1) is 0 Å². The highest BCUT2D eigenvalue weighted by Gasteiger charge is 2.41. The second kappa shape index (κ2) is 27.0. The van der Waals surface area contributed by atoms with Crippen LogP contribution in [0.5, 0.6) is 0 Å². The highest BCUT2D eigenvalue weighted by atomic mass is 16.2. The van der Waals surface area contributed by atoms with Crippen LogP contribution in [0.15, 0.2) is 84.9 Å². The largest absolute Gasteiger partial charge is 0.370 e. The van der Waals surface area contributed by atoms with E-state index in [0.717, 1.165) is 90.4 Å². The van der Waals surface area contributed by atoms with E-state index < -0.39 is 6.04 Å². The zero-order chi connectivity index (χ0) is 52.7. The molecule has 75 heavy (non-hydrogen) atoms. The molecule has 3 aliphatic carbocycles. The van der Waals surface area contributed by atoms with E-state index in [9.17, 15) is 19.2 Å². The SMILES string of the molecule is CCC(NC(=N)N)[C@@H]1N[C@H](CNC(=O)c2ccc3ccccc3c2)CCN(CCC2CC3CCC2C3)C1=O.N=C(N)NCCC[C@@H]1N[C@H](CNC(=O)c2ccc3ccccc3c2)CCN(CCC2CCCCC2)C1=O. The summed E-state index contributed by atoms with van der Waals surface area (Å²) in [5.74, 6) is 3.04.